The van der Waals surface area contributed by atoms with Crippen LogP contribution in [-0.2, 0) is 16.0 Å². The predicted octanol–water partition coefficient (Wildman–Crippen LogP) is 3.12. The molecule has 1 heterocycles. The molecule has 18 heavy (non-hydrogen) atoms. The van der Waals surface area contributed by atoms with Crippen molar-refractivity contribution in [2.24, 2.45) is 0 Å². The molecule has 0 radical (unpaired) electrons. The third kappa shape index (κ3) is 3.29. The van der Waals surface area contributed by atoms with Crippen LogP contribution in [-0.4, -0.2) is 17.6 Å². The predicted molar refractivity (Wildman–Crippen MR) is 71.3 cm³/mol. The van der Waals surface area contributed by atoms with Gasteiger partial charge in [-0.15, -0.1) is 0 Å². The molecule has 0 aliphatic rings. The number of ether oxygens (including phenoxy) is 1. The van der Waals surface area contributed by atoms with Crippen LogP contribution in [0.5, 0.6) is 0 Å². The van der Waals surface area contributed by atoms with Crippen molar-refractivity contribution in [3.05, 3.63) is 42.2 Å². The van der Waals surface area contributed by atoms with Gasteiger partial charge in [0.25, 0.3) is 0 Å². The fourth-order valence-electron chi connectivity index (χ4n) is 1.79. The molecule has 0 aliphatic heterocycles. The average Bonchev–Trinajstić information content (AvgIpc) is 2.39. The maximum Gasteiger partial charge on any atom is 0.310 e. The molecule has 0 N–H and O–H groups in total. The lowest BCUT2D eigenvalue weighted by molar-refractivity contribution is -0.142. The van der Waals surface area contributed by atoms with Crippen LogP contribution in [0.4, 0.5) is 0 Å². The molecule has 2 aromatic rings. The van der Waals surface area contributed by atoms with E-state index in [2.05, 4.69) is 11.9 Å². The summed E-state index contributed by atoms with van der Waals surface area (Å²) in [6.07, 6.45) is 5.87. The van der Waals surface area contributed by atoms with Crippen LogP contribution in [0.1, 0.15) is 25.3 Å². The zero-order valence-corrected chi connectivity index (χ0v) is 10.6. The maximum absolute atomic E-state index is 11.6. The summed E-state index contributed by atoms with van der Waals surface area (Å²) in [4.78, 5) is 15.7. The van der Waals surface area contributed by atoms with Crippen molar-refractivity contribution in [2.75, 3.05) is 6.61 Å². The van der Waals surface area contributed by atoms with E-state index in [1.807, 2.05) is 30.5 Å². The van der Waals surface area contributed by atoms with E-state index in [1.54, 1.807) is 6.20 Å². The van der Waals surface area contributed by atoms with Crippen LogP contribution in [0.15, 0.2) is 36.7 Å². The summed E-state index contributed by atoms with van der Waals surface area (Å²) in [5.41, 5.74) is 0.982. The Hall–Kier alpha value is -1.90. The van der Waals surface area contributed by atoms with Crippen LogP contribution in [0, 0.1) is 0 Å². The molecule has 1 aromatic carbocycles. The molecule has 0 saturated carbocycles. The van der Waals surface area contributed by atoms with Crippen LogP contribution in [0.3, 0.4) is 0 Å². The largest absolute Gasteiger partial charge is 0.465 e. The third-order valence-corrected chi connectivity index (χ3v) is 2.81. The number of rotatable bonds is 5. The van der Waals surface area contributed by atoms with Gasteiger partial charge in [-0.05, 0) is 23.4 Å². The Morgan fingerprint density at radius 2 is 2.17 bits per heavy atom. The minimum Gasteiger partial charge on any atom is -0.465 e. The number of benzene rings is 1. The SMILES string of the molecule is CCCCOC(=O)Cc1ccc2cnccc2c1. The molecule has 0 bridgehead atoms. The maximum atomic E-state index is 11.6. The first-order valence-electron chi connectivity index (χ1n) is 6.28. The Bertz CT molecular complexity index is 537. The van der Waals surface area contributed by atoms with E-state index in [0.717, 1.165) is 29.2 Å². The number of pyridine rings is 1. The van der Waals surface area contributed by atoms with Gasteiger partial charge in [-0.3, -0.25) is 9.78 Å². The Labute approximate surface area is 107 Å². The third-order valence-electron chi connectivity index (χ3n) is 2.81. The monoisotopic (exact) mass is 243 g/mol. The quantitative estimate of drug-likeness (QED) is 0.598. The number of unbranched alkanes of at least 4 members (excludes halogenated alkanes) is 1. The van der Waals surface area contributed by atoms with Gasteiger partial charge in [-0.1, -0.05) is 31.5 Å². The normalized spacial score (nSPS) is 10.5. The number of esters is 1. The number of aromatic nitrogens is 1. The molecule has 1 aromatic heterocycles. The van der Waals surface area contributed by atoms with E-state index in [1.165, 1.54) is 0 Å². The summed E-state index contributed by atoms with van der Waals surface area (Å²) in [6, 6.07) is 7.89. The van der Waals surface area contributed by atoms with Crippen LogP contribution in [0.25, 0.3) is 10.8 Å². The zero-order chi connectivity index (χ0) is 12.8. The number of carbonyl (C=O) groups is 1. The molecule has 0 fully saturated rings. The van der Waals surface area contributed by atoms with Gasteiger partial charge in [0, 0.05) is 17.8 Å². The van der Waals surface area contributed by atoms with Crippen LogP contribution in [0.2, 0.25) is 0 Å². The molecule has 0 aliphatic carbocycles. The van der Waals surface area contributed by atoms with E-state index in [0.29, 0.717) is 13.0 Å². The van der Waals surface area contributed by atoms with E-state index in [9.17, 15) is 4.79 Å². The molecule has 0 amide bonds. The van der Waals surface area contributed by atoms with Gasteiger partial charge < -0.3 is 4.74 Å². The highest BCUT2D eigenvalue weighted by Crippen LogP contribution is 2.15. The van der Waals surface area contributed by atoms with Crippen molar-refractivity contribution in [1.29, 1.82) is 0 Å². The molecule has 0 atom stereocenters. The smallest absolute Gasteiger partial charge is 0.310 e. The molecular weight excluding hydrogens is 226 g/mol. The Balaban J connectivity index is 2.01. The van der Waals surface area contributed by atoms with Gasteiger partial charge in [0.05, 0.1) is 13.0 Å². The highest BCUT2D eigenvalue weighted by atomic mass is 16.5. The van der Waals surface area contributed by atoms with Gasteiger partial charge in [0.1, 0.15) is 0 Å². The standard InChI is InChI=1S/C15H17NO2/c1-2-3-8-18-15(17)10-12-4-5-14-11-16-7-6-13(14)9-12/h4-7,9,11H,2-3,8,10H2,1H3. The minimum atomic E-state index is -0.156. The van der Waals surface area contributed by atoms with Crippen molar-refractivity contribution in [3.8, 4) is 0 Å². The van der Waals surface area contributed by atoms with Gasteiger partial charge in [0.2, 0.25) is 0 Å². The summed E-state index contributed by atoms with van der Waals surface area (Å²) in [5, 5.41) is 2.18. The molecule has 3 heteroatoms. The number of hydrogen-bond acceptors (Lipinski definition) is 3. The summed E-state index contributed by atoms with van der Waals surface area (Å²) < 4.78 is 5.15. The Kier molecular flexibility index (Phi) is 4.29. The minimum absolute atomic E-state index is 0.156. The fraction of sp³-hybridized carbons (Fsp3) is 0.333. The zero-order valence-electron chi connectivity index (χ0n) is 10.6. The van der Waals surface area contributed by atoms with Crippen molar-refractivity contribution in [1.82, 2.24) is 4.98 Å². The van der Waals surface area contributed by atoms with Gasteiger partial charge in [-0.2, -0.15) is 0 Å². The first-order chi connectivity index (χ1) is 8.79. The first-order valence-corrected chi connectivity index (χ1v) is 6.28. The van der Waals surface area contributed by atoms with Crippen LogP contribution >= 0.6 is 0 Å². The average molecular weight is 243 g/mol. The van der Waals surface area contributed by atoms with Crippen molar-refractivity contribution in [2.45, 2.75) is 26.2 Å². The summed E-state index contributed by atoms with van der Waals surface area (Å²) >= 11 is 0. The molecule has 2 rings (SSSR count). The Morgan fingerprint density at radius 3 is 3.00 bits per heavy atom. The topological polar surface area (TPSA) is 39.2 Å². The molecular formula is C15H17NO2. The fourth-order valence-corrected chi connectivity index (χ4v) is 1.79. The van der Waals surface area contributed by atoms with E-state index >= 15 is 0 Å². The van der Waals surface area contributed by atoms with Gasteiger partial charge in [-0.25, -0.2) is 0 Å². The molecule has 94 valence electrons. The second-order valence-electron chi connectivity index (χ2n) is 4.31. The van der Waals surface area contributed by atoms with Gasteiger partial charge >= 0.3 is 5.97 Å². The molecule has 0 unspecified atom stereocenters. The van der Waals surface area contributed by atoms with E-state index in [4.69, 9.17) is 4.74 Å². The van der Waals surface area contributed by atoms with Gasteiger partial charge in [0.15, 0.2) is 0 Å². The molecule has 3 nitrogen and oxygen atoms in total. The second-order valence-corrected chi connectivity index (χ2v) is 4.31. The number of fused-ring (bicyclic) bond motifs is 1. The lowest BCUT2D eigenvalue weighted by Crippen LogP contribution is -2.08. The summed E-state index contributed by atoms with van der Waals surface area (Å²) in [7, 11) is 0. The lowest BCUT2D eigenvalue weighted by Gasteiger charge is -2.05. The van der Waals surface area contributed by atoms with E-state index < -0.39 is 0 Å². The first kappa shape index (κ1) is 12.6. The highest BCUT2D eigenvalue weighted by molar-refractivity contribution is 5.83. The summed E-state index contributed by atoms with van der Waals surface area (Å²) in [5.74, 6) is -0.156. The number of carbonyl (C=O) groups excluding carboxylic acids is 1. The van der Waals surface area contributed by atoms with E-state index in [-0.39, 0.29) is 5.97 Å². The molecule has 0 saturated heterocycles. The van der Waals surface area contributed by atoms with Crippen LogP contribution < -0.4 is 0 Å². The number of hydrogen-bond donors (Lipinski definition) is 0. The highest BCUT2D eigenvalue weighted by Gasteiger charge is 2.05. The molecule has 0 spiro atoms. The Morgan fingerprint density at radius 1 is 1.28 bits per heavy atom. The lowest BCUT2D eigenvalue weighted by atomic mass is 10.1. The van der Waals surface area contributed by atoms with Crippen molar-refractivity contribution >= 4 is 16.7 Å². The summed E-state index contributed by atoms with van der Waals surface area (Å²) in [6.45, 7) is 2.60. The van der Waals surface area contributed by atoms with Crippen molar-refractivity contribution < 1.29 is 9.53 Å². The van der Waals surface area contributed by atoms with Crippen molar-refractivity contribution in [3.63, 3.8) is 0 Å². The second kappa shape index (κ2) is 6.15. The number of nitrogens with zero attached hydrogens (tertiary/aromatic N) is 1.